The molecule has 3 aromatic rings. The van der Waals surface area contributed by atoms with Gasteiger partial charge in [0.2, 0.25) is 5.91 Å². The van der Waals surface area contributed by atoms with E-state index in [1.165, 1.54) is 18.1 Å². The molecule has 1 heterocycles. The number of aromatic nitrogens is 1. The Balaban J connectivity index is 2.32. The Hall–Kier alpha value is -2.46. The largest absolute Gasteiger partial charge is 0.319 e. The fourth-order valence-electron chi connectivity index (χ4n) is 2.69. The smallest absolute Gasteiger partial charge is 0.245 e. The third kappa shape index (κ3) is 3.10. The van der Waals surface area contributed by atoms with Gasteiger partial charge in [-0.05, 0) is 42.2 Å². The molecule has 0 aliphatic heterocycles. The van der Waals surface area contributed by atoms with Crippen LogP contribution in [0.1, 0.15) is 18.1 Å². The fourth-order valence-corrected chi connectivity index (χ4v) is 3.88. The van der Waals surface area contributed by atoms with Crippen LogP contribution in [0.5, 0.6) is 0 Å². The van der Waals surface area contributed by atoms with E-state index in [4.69, 9.17) is 0 Å². The summed E-state index contributed by atoms with van der Waals surface area (Å²) in [7, 11) is 1.97. The van der Waals surface area contributed by atoms with Crippen molar-refractivity contribution in [2.75, 3.05) is 0 Å². The maximum Gasteiger partial charge on any atom is 0.245 e. The van der Waals surface area contributed by atoms with Gasteiger partial charge < -0.3 is 4.57 Å². The van der Waals surface area contributed by atoms with E-state index in [0.717, 1.165) is 26.5 Å². The molecule has 24 heavy (non-hydrogen) atoms. The minimum Gasteiger partial charge on any atom is -0.319 e. The summed E-state index contributed by atoms with van der Waals surface area (Å²) in [5.74, 6) is -0.182. The summed E-state index contributed by atoms with van der Waals surface area (Å²) in [5, 5.41) is 0. The summed E-state index contributed by atoms with van der Waals surface area (Å²) in [6.45, 7) is 5.72. The van der Waals surface area contributed by atoms with E-state index < -0.39 is 0 Å². The second kappa shape index (κ2) is 6.57. The van der Waals surface area contributed by atoms with Gasteiger partial charge in [-0.3, -0.25) is 4.79 Å². The molecule has 0 fully saturated rings. The number of rotatable bonds is 2. The first kappa shape index (κ1) is 16.4. The normalized spacial score (nSPS) is 11.8. The van der Waals surface area contributed by atoms with Crippen molar-refractivity contribution in [2.45, 2.75) is 20.8 Å². The first-order chi connectivity index (χ1) is 11.5. The number of aryl methyl sites for hydroxylation is 2. The molecule has 0 saturated heterocycles. The van der Waals surface area contributed by atoms with Gasteiger partial charge in [-0.25, -0.2) is 0 Å². The maximum atomic E-state index is 11.5. The molecular weight excluding hydrogens is 316 g/mol. The highest BCUT2D eigenvalue weighted by atomic mass is 32.1. The van der Waals surface area contributed by atoms with Crippen molar-refractivity contribution in [3.8, 4) is 21.7 Å². The highest BCUT2D eigenvalue weighted by Gasteiger charge is 2.15. The summed E-state index contributed by atoms with van der Waals surface area (Å²) < 4.78 is 2.01. The Kier molecular flexibility index (Phi) is 4.49. The van der Waals surface area contributed by atoms with Crippen molar-refractivity contribution < 1.29 is 4.79 Å². The highest BCUT2D eigenvalue weighted by Crippen LogP contribution is 2.34. The molecular formula is C20H20N2OS. The van der Waals surface area contributed by atoms with Gasteiger partial charge in [0, 0.05) is 14.0 Å². The Bertz CT molecular complexity index is 965. The van der Waals surface area contributed by atoms with Gasteiger partial charge in [-0.2, -0.15) is 4.99 Å². The molecule has 122 valence electrons. The number of thiazole rings is 1. The minimum atomic E-state index is -0.182. The molecule has 1 aromatic heterocycles. The lowest BCUT2D eigenvalue weighted by Gasteiger charge is -2.09. The van der Waals surface area contributed by atoms with Crippen LogP contribution >= 0.6 is 11.3 Å². The van der Waals surface area contributed by atoms with Crippen molar-refractivity contribution in [1.82, 2.24) is 4.57 Å². The van der Waals surface area contributed by atoms with Gasteiger partial charge >= 0.3 is 0 Å². The van der Waals surface area contributed by atoms with Gasteiger partial charge in [-0.1, -0.05) is 53.8 Å². The summed E-state index contributed by atoms with van der Waals surface area (Å²) in [6.07, 6.45) is 0. The van der Waals surface area contributed by atoms with Crippen LogP contribution in [0.4, 0.5) is 0 Å². The van der Waals surface area contributed by atoms with Crippen LogP contribution in [-0.2, 0) is 11.8 Å². The van der Waals surface area contributed by atoms with Gasteiger partial charge in [0.25, 0.3) is 0 Å². The molecule has 0 aliphatic rings. The number of benzene rings is 2. The predicted octanol–water partition coefficient (Wildman–Crippen LogP) is 4.48. The number of amides is 1. The minimum absolute atomic E-state index is 0.182. The monoisotopic (exact) mass is 336 g/mol. The van der Waals surface area contributed by atoms with Gasteiger partial charge in [0.05, 0.1) is 10.6 Å². The van der Waals surface area contributed by atoms with E-state index >= 15 is 0 Å². The number of carbonyl (C=O) groups excluding carboxylic acids is 1. The molecule has 0 radical (unpaired) electrons. The Morgan fingerprint density at radius 3 is 2.33 bits per heavy atom. The zero-order valence-electron chi connectivity index (χ0n) is 14.3. The average Bonchev–Trinajstić information content (AvgIpc) is 2.87. The van der Waals surface area contributed by atoms with Crippen LogP contribution < -0.4 is 4.80 Å². The zero-order valence-corrected chi connectivity index (χ0v) is 15.1. The Morgan fingerprint density at radius 1 is 1.00 bits per heavy atom. The molecule has 0 aliphatic carbocycles. The zero-order chi connectivity index (χ0) is 17.3. The molecule has 1 amide bonds. The van der Waals surface area contributed by atoms with Gasteiger partial charge in [0.1, 0.15) is 0 Å². The molecule has 0 bridgehead atoms. The van der Waals surface area contributed by atoms with Crippen LogP contribution in [0.15, 0.2) is 53.5 Å². The van der Waals surface area contributed by atoms with Gasteiger partial charge in [-0.15, -0.1) is 0 Å². The summed E-state index contributed by atoms with van der Waals surface area (Å²) in [5.41, 5.74) is 5.89. The molecule has 0 spiro atoms. The molecule has 0 atom stereocenters. The summed E-state index contributed by atoms with van der Waals surface area (Å²) in [4.78, 5) is 17.5. The third-order valence-corrected chi connectivity index (χ3v) is 5.28. The molecule has 0 N–H and O–H groups in total. The SMILES string of the molecule is CC(=O)N=c1sc(-c2ccccc2)c(-c2ccc(C)c(C)c2)n1C. The van der Waals surface area contributed by atoms with Crippen molar-refractivity contribution in [2.24, 2.45) is 12.0 Å². The summed E-state index contributed by atoms with van der Waals surface area (Å²) >= 11 is 1.55. The average molecular weight is 336 g/mol. The number of hydrogen-bond acceptors (Lipinski definition) is 2. The number of hydrogen-bond donors (Lipinski definition) is 0. The molecule has 0 unspecified atom stereocenters. The van der Waals surface area contributed by atoms with Crippen LogP contribution in [-0.4, -0.2) is 10.5 Å². The van der Waals surface area contributed by atoms with Crippen molar-refractivity contribution in [1.29, 1.82) is 0 Å². The Labute approximate surface area is 145 Å². The molecule has 4 heteroatoms. The topological polar surface area (TPSA) is 34.4 Å². The predicted molar refractivity (Wildman–Crippen MR) is 99.9 cm³/mol. The van der Waals surface area contributed by atoms with Crippen LogP contribution in [0, 0.1) is 13.8 Å². The molecule has 0 saturated carbocycles. The lowest BCUT2D eigenvalue weighted by Crippen LogP contribution is -2.13. The number of carbonyl (C=O) groups is 1. The second-order valence-electron chi connectivity index (χ2n) is 5.92. The second-order valence-corrected chi connectivity index (χ2v) is 6.89. The highest BCUT2D eigenvalue weighted by molar-refractivity contribution is 7.13. The molecule has 3 nitrogen and oxygen atoms in total. The number of nitrogens with zero attached hydrogens (tertiary/aromatic N) is 2. The van der Waals surface area contributed by atoms with Crippen molar-refractivity contribution >= 4 is 17.2 Å². The fraction of sp³-hybridized carbons (Fsp3) is 0.200. The van der Waals surface area contributed by atoms with E-state index in [1.807, 2.05) is 29.8 Å². The maximum absolute atomic E-state index is 11.5. The lowest BCUT2D eigenvalue weighted by atomic mass is 10.0. The van der Waals surface area contributed by atoms with E-state index in [0.29, 0.717) is 0 Å². The standard InChI is InChI=1S/C20H20N2OS/c1-13-10-11-17(12-14(13)2)18-19(16-8-6-5-7-9-16)24-20(22(18)4)21-15(3)23/h5-12H,1-4H3. The first-order valence-corrected chi connectivity index (χ1v) is 8.67. The molecule has 3 rings (SSSR count). The van der Waals surface area contributed by atoms with E-state index in [-0.39, 0.29) is 5.91 Å². The van der Waals surface area contributed by atoms with Crippen LogP contribution in [0.25, 0.3) is 21.7 Å². The lowest BCUT2D eigenvalue weighted by molar-refractivity contribution is -0.116. The van der Waals surface area contributed by atoms with Crippen LogP contribution in [0.2, 0.25) is 0 Å². The molecule has 2 aromatic carbocycles. The van der Waals surface area contributed by atoms with E-state index in [2.05, 4.69) is 49.2 Å². The third-order valence-electron chi connectivity index (χ3n) is 4.10. The van der Waals surface area contributed by atoms with Gasteiger partial charge in [0.15, 0.2) is 4.80 Å². The quantitative estimate of drug-likeness (QED) is 0.679. The van der Waals surface area contributed by atoms with E-state index in [1.54, 1.807) is 11.3 Å². The van der Waals surface area contributed by atoms with E-state index in [9.17, 15) is 4.79 Å². The van der Waals surface area contributed by atoms with Crippen LogP contribution in [0.3, 0.4) is 0 Å². The first-order valence-electron chi connectivity index (χ1n) is 7.85. The summed E-state index contributed by atoms with van der Waals surface area (Å²) in [6, 6.07) is 16.7. The Morgan fingerprint density at radius 2 is 1.71 bits per heavy atom. The van der Waals surface area contributed by atoms with Crippen molar-refractivity contribution in [3.63, 3.8) is 0 Å². The van der Waals surface area contributed by atoms with Crippen molar-refractivity contribution in [3.05, 3.63) is 64.5 Å².